The number of para-hydroxylation sites is 1. The summed E-state index contributed by atoms with van der Waals surface area (Å²) in [4.78, 5) is 0. The minimum Gasteiger partial charge on any atom is -0.493 e. The number of aryl methyl sites for hydroxylation is 1. The molecule has 0 amide bonds. The summed E-state index contributed by atoms with van der Waals surface area (Å²) in [6.07, 6.45) is 0. The highest BCUT2D eigenvalue weighted by atomic mass is 16.3. The van der Waals surface area contributed by atoms with Crippen LogP contribution in [-0.2, 0) is 0 Å². The Morgan fingerprint density at radius 2 is 2.15 bits per heavy atom. The predicted molar refractivity (Wildman–Crippen MR) is 50.0 cm³/mol. The van der Waals surface area contributed by atoms with Gasteiger partial charge in [0.1, 0.15) is 0 Å². The molecule has 0 aliphatic rings. The first-order valence-electron chi connectivity index (χ1n) is 4.47. The van der Waals surface area contributed by atoms with E-state index in [4.69, 9.17) is 1.43 Å². The Bertz CT molecular complexity index is 425. The predicted octanol–water partition coefficient (Wildman–Crippen LogP) is 1.89. The Balaban J connectivity index is 2.51. The van der Waals surface area contributed by atoms with Crippen molar-refractivity contribution in [3.63, 3.8) is 0 Å². The molecule has 2 rings (SSSR count). The van der Waals surface area contributed by atoms with E-state index in [0.29, 0.717) is 5.88 Å². The van der Waals surface area contributed by atoms with E-state index in [9.17, 15) is 0 Å². The van der Waals surface area contributed by atoms with Crippen molar-refractivity contribution >= 4 is 0 Å². The lowest BCUT2D eigenvalue weighted by Crippen LogP contribution is -1.94. The van der Waals surface area contributed by atoms with Crippen molar-refractivity contribution in [3.05, 3.63) is 42.1 Å². The average molecular weight is 175 g/mol. The molecule has 1 aromatic carbocycles. The van der Waals surface area contributed by atoms with Gasteiger partial charge in [0.2, 0.25) is 5.88 Å². The topological polar surface area (TPSA) is 38.1 Å². The number of nitrogens with zero attached hydrogens (tertiary/aromatic N) is 2. The van der Waals surface area contributed by atoms with Crippen molar-refractivity contribution in [1.29, 1.82) is 1.43 Å². The fourth-order valence-corrected chi connectivity index (χ4v) is 1.23. The van der Waals surface area contributed by atoms with Crippen LogP contribution in [0.25, 0.3) is 5.69 Å². The van der Waals surface area contributed by atoms with Crippen LogP contribution in [-0.4, -0.2) is 16.3 Å². The molecule has 0 saturated heterocycles. The van der Waals surface area contributed by atoms with Crippen molar-refractivity contribution in [1.82, 2.24) is 9.78 Å². The van der Waals surface area contributed by atoms with Crippen LogP contribution in [0.1, 0.15) is 5.69 Å². The first-order valence-corrected chi connectivity index (χ1v) is 4.06. The molecule has 0 fully saturated rings. The quantitative estimate of drug-likeness (QED) is 0.756. The molecule has 0 aliphatic carbocycles. The lowest BCUT2D eigenvalue weighted by atomic mass is 10.3. The highest BCUT2D eigenvalue weighted by Gasteiger charge is 2.03. The van der Waals surface area contributed by atoms with Crippen LogP contribution < -0.4 is 0 Å². The summed E-state index contributed by atoms with van der Waals surface area (Å²) in [6, 6.07) is 11.3. The molecule has 66 valence electrons. The molecule has 1 N–H and O–H groups in total. The minimum atomic E-state index is 0.425. The maximum absolute atomic E-state index is 6.89. The van der Waals surface area contributed by atoms with Crippen molar-refractivity contribution < 1.29 is 5.11 Å². The van der Waals surface area contributed by atoms with Crippen LogP contribution in [0.5, 0.6) is 5.88 Å². The Hall–Kier alpha value is -1.77. The van der Waals surface area contributed by atoms with Crippen molar-refractivity contribution in [2.45, 2.75) is 6.92 Å². The number of hydrogen-bond acceptors (Lipinski definition) is 2. The fraction of sp³-hybridized carbons (Fsp3) is 0.100. The zero-order valence-corrected chi connectivity index (χ0v) is 7.27. The standard InChI is InChI=1S/C10H10N2O/c1-8-7-10(13)12(11-8)9-5-3-2-4-6-9/h2-7,13H,1H3/i/hD. The Labute approximate surface area is 77.7 Å². The summed E-state index contributed by atoms with van der Waals surface area (Å²) in [5.74, 6) is 0.425. The first-order chi connectivity index (χ1) is 6.81. The molecule has 0 aliphatic heterocycles. The van der Waals surface area contributed by atoms with Crippen molar-refractivity contribution in [3.8, 4) is 11.6 Å². The van der Waals surface area contributed by atoms with Gasteiger partial charge in [-0.2, -0.15) is 5.10 Å². The van der Waals surface area contributed by atoms with Crippen molar-refractivity contribution in [2.24, 2.45) is 0 Å². The van der Waals surface area contributed by atoms with Gasteiger partial charge in [-0.25, -0.2) is 4.68 Å². The van der Waals surface area contributed by atoms with Gasteiger partial charge in [0, 0.05) is 6.07 Å². The third kappa shape index (κ3) is 1.40. The van der Waals surface area contributed by atoms with Crippen LogP contribution in [0, 0.1) is 6.92 Å². The molecule has 0 bridgehead atoms. The molecule has 2 aromatic rings. The molecule has 13 heavy (non-hydrogen) atoms. The Kier molecular flexibility index (Phi) is 1.52. The molecular weight excluding hydrogens is 164 g/mol. The van der Waals surface area contributed by atoms with E-state index in [0.717, 1.165) is 11.4 Å². The summed E-state index contributed by atoms with van der Waals surface area (Å²) in [6.45, 7) is 1.86. The fourth-order valence-electron chi connectivity index (χ4n) is 1.23. The lowest BCUT2D eigenvalue weighted by molar-refractivity contribution is 0.433. The molecule has 0 saturated carbocycles. The maximum Gasteiger partial charge on any atom is 0.295 e. The average Bonchev–Trinajstić information content (AvgIpc) is 2.61. The summed E-state index contributed by atoms with van der Waals surface area (Å²) < 4.78 is 8.49. The smallest absolute Gasteiger partial charge is 0.295 e. The highest BCUT2D eigenvalue weighted by molar-refractivity contribution is 5.34. The number of aromatic hydroxyl groups is 1. The highest BCUT2D eigenvalue weighted by Crippen LogP contribution is 2.16. The van der Waals surface area contributed by atoms with Gasteiger partial charge in [-0.05, 0) is 19.1 Å². The molecule has 1 aromatic heterocycles. The molecule has 0 radical (unpaired) electrons. The second-order valence-corrected chi connectivity index (χ2v) is 2.87. The van der Waals surface area contributed by atoms with Gasteiger partial charge in [0.25, 0.3) is 1.43 Å². The Morgan fingerprint density at radius 3 is 2.85 bits per heavy atom. The molecule has 3 nitrogen and oxygen atoms in total. The minimum absolute atomic E-state index is 0.425. The maximum atomic E-state index is 6.89. The Morgan fingerprint density at radius 1 is 1.38 bits per heavy atom. The zero-order valence-electron chi connectivity index (χ0n) is 8.27. The molecular formula is C10H10N2O. The largest absolute Gasteiger partial charge is 0.493 e. The molecule has 3 heteroatoms. The third-order valence-corrected chi connectivity index (χ3v) is 1.80. The number of rotatable bonds is 2. The number of benzene rings is 1. The van der Waals surface area contributed by atoms with E-state index in [1.807, 2.05) is 37.3 Å². The van der Waals surface area contributed by atoms with Gasteiger partial charge in [-0.1, -0.05) is 18.2 Å². The van der Waals surface area contributed by atoms with Gasteiger partial charge in [0.05, 0.1) is 11.4 Å². The van der Waals surface area contributed by atoms with Gasteiger partial charge in [-0.15, -0.1) is 0 Å². The van der Waals surface area contributed by atoms with E-state index in [1.165, 1.54) is 0 Å². The van der Waals surface area contributed by atoms with Gasteiger partial charge >= 0.3 is 0 Å². The summed E-state index contributed by atoms with van der Waals surface area (Å²) in [7, 11) is 0. The van der Waals surface area contributed by atoms with E-state index in [-0.39, 0.29) is 0 Å². The SMILES string of the molecule is [2H]Oc1cc(C)nn1-c1ccccc1. The van der Waals surface area contributed by atoms with E-state index < -0.39 is 0 Å². The van der Waals surface area contributed by atoms with Crippen LogP contribution in [0.4, 0.5) is 0 Å². The number of aromatic nitrogens is 2. The normalized spacial score (nSPS) is 11.0. The van der Waals surface area contributed by atoms with Crippen LogP contribution in [0.15, 0.2) is 36.4 Å². The van der Waals surface area contributed by atoms with Gasteiger partial charge in [-0.3, -0.25) is 0 Å². The molecule has 0 spiro atoms. The summed E-state index contributed by atoms with van der Waals surface area (Å²) >= 11 is 0. The van der Waals surface area contributed by atoms with Crippen molar-refractivity contribution in [2.75, 3.05) is 0 Å². The first kappa shape index (κ1) is 6.71. The second kappa shape index (κ2) is 2.94. The molecule has 1 heterocycles. The monoisotopic (exact) mass is 175 g/mol. The zero-order chi connectivity index (χ0) is 9.97. The van der Waals surface area contributed by atoms with E-state index >= 15 is 0 Å². The summed E-state index contributed by atoms with van der Waals surface area (Å²) in [5, 5.41) is 8.69. The van der Waals surface area contributed by atoms with E-state index in [1.54, 1.807) is 10.7 Å². The van der Waals surface area contributed by atoms with Gasteiger partial charge < -0.3 is 5.11 Å². The number of hydrogen-bond donors (Lipinski definition) is 1. The third-order valence-electron chi connectivity index (χ3n) is 1.80. The van der Waals surface area contributed by atoms with Crippen LogP contribution in [0.2, 0.25) is 0 Å². The molecule has 0 unspecified atom stereocenters. The van der Waals surface area contributed by atoms with Gasteiger partial charge in [0.15, 0.2) is 0 Å². The molecule has 0 atom stereocenters. The van der Waals surface area contributed by atoms with E-state index in [2.05, 4.69) is 10.2 Å². The van der Waals surface area contributed by atoms with Crippen LogP contribution in [0.3, 0.4) is 0 Å². The summed E-state index contributed by atoms with van der Waals surface area (Å²) in [5.41, 5.74) is 1.72. The van der Waals surface area contributed by atoms with Crippen LogP contribution >= 0.6 is 0 Å². The lowest BCUT2D eigenvalue weighted by Gasteiger charge is -2.00. The second-order valence-electron chi connectivity index (χ2n) is 2.87.